The molecule has 2 nitrogen and oxygen atoms in total. The van der Waals surface area contributed by atoms with E-state index in [-0.39, 0.29) is 0 Å². The average molecular weight is 332 g/mol. The van der Waals surface area contributed by atoms with E-state index in [1.54, 1.807) is 24.3 Å². The van der Waals surface area contributed by atoms with E-state index >= 15 is 0 Å². The van der Waals surface area contributed by atoms with Crippen LogP contribution in [0.5, 0.6) is 0 Å². The summed E-state index contributed by atoms with van der Waals surface area (Å²) in [5, 5.41) is 6.85. The molecule has 0 fully saturated rings. The first-order valence-electron chi connectivity index (χ1n) is 6.99. The maximum atomic E-state index is 12.2. The molecule has 0 saturated heterocycles. The maximum Gasteiger partial charge on any atom is 0.288 e. The highest BCUT2D eigenvalue weighted by Crippen LogP contribution is 2.26. The quantitative estimate of drug-likeness (QED) is 0.535. The van der Waals surface area contributed by atoms with Crippen LogP contribution in [0.3, 0.4) is 0 Å². The van der Waals surface area contributed by atoms with Crippen LogP contribution in [-0.2, 0) is 0 Å². The van der Waals surface area contributed by atoms with Gasteiger partial charge in [-0.05, 0) is 62.2 Å². The molecule has 1 atom stereocenters. The lowest BCUT2D eigenvalue weighted by atomic mass is 10.0. The van der Waals surface area contributed by atoms with Crippen LogP contribution in [0.25, 0.3) is 0 Å². The Hall–Kier alpha value is -0.880. The van der Waals surface area contributed by atoms with Crippen LogP contribution in [0.2, 0.25) is 0 Å². The minimum absolute atomic E-state index is 0.307. The summed E-state index contributed by atoms with van der Waals surface area (Å²) in [6.45, 7) is 6.49. The van der Waals surface area contributed by atoms with Gasteiger partial charge in [0.1, 0.15) is 0 Å². The standard InChI is InChI=1S/C15H22F2N2S2/c1-10(2)4-5-11(3)18-15(20)19-12-6-8-13(9-7-12)21-14(16)17/h6-11,14H,4-5H2,1-3H3,(H2,18,19,20)/t11-/m0/s1. The topological polar surface area (TPSA) is 24.1 Å². The maximum absolute atomic E-state index is 12.2. The number of halogens is 2. The molecular weight excluding hydrogens is 310 g/mol. The highest BCUT2D eigenvalue weighted by Gasteiger charge is 2.07. The fourth-order valence-corrected chi connectivity index (χ4v) is 2.58. The Kier molecular flexibility index (Phi) is 7.96. The number of rotatable bonds is 7. The molecule has 0 amide bonds. The normalized spacial score (nSPS) is 12.5. The van der Waals surface area contributed by atoms with Gasteiger partial charge in [-0.3, -0.25) is 0 Å². The molecular formula is C15H22F2N2S2. The summed E-state index contributed by atoms with van der Waals surface area (Å²) in [5.74, 6) is -1.72. The lowest BCUT2D eigenvalue weighted by Gasteiger charge is -2.18. The Bertz CT molecular complexity index is 436. The fraction of sp³-hybridized carbons (Fsp3) is 0.533. The smallest absolute Gasteiger partial charge is 0.288 e. The molecule has 0 radical (unpaired) electrons. The van der Waals surface area contributed by atoms with Crippen molar-refractivity contribution in [3.05, 3.63) is 24.3 Å². The van der Waals surface area contributed by atoms with Gasteiger partial charge in [-0.15, -0.1) is 0 Å². The zero-order valence-corrected chi connectivity index (χ0v) is 14.2. The van der Waals surface area contributed by atoms with Gasteiger partial charge < -0.3 is 10.6 Å². The zero-order chi connectivity index (χ0) is 15.8. The van der Waals surface area contributed by atoms with E-state index in [2.05, 4.69) is 31.4 Å². The van der Waals surface area contributed by atoms with Crippen molar-refractivity contribution >= 4 is 34.8 Å². The van der Waals surface area contributed by atoms with Crippen LogP contribution < -0.4 is 10.6 Å². The van der Waals surface area contributed by atoms with Crippen molar-refractivity contribution in [2.75, 3.05) is 5.32 Å². The van der Waals surface area contributed by atoms with E-state index in [0.717, 1.165) is 18.5 Å². The zero-order valence-electron chi connectivity index (χ0n) is 12.5. The summed E-state index contributed by atoms with van der Waals surface area (Å²) in [7, 11) is 0. The summed E-state index contributed by atoms with van der Waals surface area (Å²) < 4.78 is 24.4. The molecule has 0 aliphatic carbocycles. The third kappa shape index (κ3) is 8.21. The number of hydrogen-bond acceptors (Lipinski definition) is 2. The van der Waals surface area contributed by atoms with E-state index in [0.29, 0.717) is 33.7 Å². The molecule has 1 aromatic rings. The van der Waals surface area contributed by atoms with Crippen molar-refractivity contribution in [2.24, 2.45) is 5.92 Å². The predicted molar refractivity (Wildman–Crippen MR) is 91.2 cm³/mol. The molecule has 0 bridgehead atoms. The first-order valence-corrected chi connectivity index (χ1v) is 8.28. The van der Waals surface area contributed by atoms with Crippen molar-refractivity contribution in [1.29, 1.82) is 0 Å². The molecule has 0 unspecified atom stereocenters. The molecule has 6 heteroatoms. The van der Waals surface area contributed by atoms with Gasteiger partial charge in [-0.1, -0.05) is 25.6 Å². The van der Waals surface area contributed by atoms with E-state index in [4.69, 9.17) is 12.2 Å². The van der Waals surface area contributed by atoms with Crippen molar-refractivity contribution in [3.8, 4) is 0 Å². The monoisotopic (exact) mass is 332 g/mol. The molecule has 0 aromatic heterocycles. The first-order chi connectivity index (χ1) is 9.86. The van der Waals surface area contributed by atoms with Gasteiger partial charge in [0.25, 0.3) is 5.76 Å². The average Bonchev–Trinajstić information content (AvgIpc) is 2.38. The lowest BCUT2D eigenvalue weighted by Crippen LogP contribution is -2.36. The molecule has 1 aromatic carbocycles. The van der Waals surface area contributed by atoms with E-state index < -0.39 is 5.76 Å². The number of anilines is 1. The van der Waals surface area contributed by atoms with Gasteiger partial charge in [0, 0.05) is 16.6 Å². The third-order valence-electron chi connectivity index (χ3n) is 2.89. The highest BCUT2D eigenvalue weighted by atomic mass is 32.2. The summed E-state index contributed by atoms with van der Waals surface area (Å²) in [6.07, 6.45) is 2.21. The van der Waals surface area contributed by atoms with Crippen LogP contribution in [-0.4, -0.2) is 16.9 Å². The molecule has 0 saturated carbocycles. The largest absolute Gasteiger partial charge is 0.360 e. The highest BCUT2D eigenvalue weighted by molar-refractivity contribution is 7.99. The second-order valence-electron chi connectivity index (χ2n) is 5.37. The lowest BCUT2D eigenvalue weighted by molar-refractivity contribution is 0.252. The summed E-state index contributed by atoms with van der Waals surface area (Å²) in [4.78, 5) is 0.541. The van der Waals surface area contributed by atoms with Gasteiger partial charge in [0.15, 0.2) is 5.11 Å². The molecule has 0 aliphatic rings. The third-order valence-corrected chi connectivity index (χ3v) is 3.83. The molecule has 0 spiro atoms. The Morgan fingerprint density at radius 3 is 2.29 bits per heavy atom. The van der Waals surface area contributed by atoms with E-state index in [1.807, 2.05) is 0 Å². The van der Waals surface area contributed by atoms with Gasteiger partial charge in [0.05, 0.1) is 0 Å². The molecule has 0 heterocycles. The number of hydrogen-bond donors (Lipinski definition) is 2. The van der Waals surface area contributed by atoms with Gasteiger partial charge in [-0.2, -0.15) is 8.78 Å². The van der Waals surface area contributed by atoms with Crippen molar-refractivity contribution in [3.63, 3.8) is 0 Å². The van der Waals surface area contributed by atoms with Crippen molar-refractivity contribution in [1.82, 2.24) is 5.32 Å². The van der Waals surface area contributed by atoms with E-state index in [1.165, 1.54) is 0 Å². The number of thiocarbonyl (C=S) groups is 1. The second-order valence-corrected chi connectivity index (χ2v) is 6.85. The number of alkyl halides is 2. The molecule has 21 heavy (non-hydrogen) atoms. The molecule has 1 rings (SSSR count). The summed E-state index contributed by atoms with van der Waals surface area (Å²) in [6, 6.07) is 7.11. The SMILES string of the molecule is CC(C)CC[C@H](C)NC(=S)Nc1ccc(SC(F)F)cc1. The number of nitrogens with one attached hydrogen (secondary N) is 2. The number of benzene rings is 1. The predicted octanol–water partition coefficient (Wildman–Crippen LogP) is 5.11. The fourth-order valence-electron chi connectivity index (χ4n) is 1.77. The van der Waals surface area contributed by atoms with E-state index in [9.17, 15) is 8.78 Å². The van der Waals surface area contributed by atoms with Crippen LogP contribution in [0.4, 0.5) is 14.5 Å². The molecule has 118 valence electrons. The van der Waals surface area contributed by atoms with Crippen LogP contribution in [0.15, 0.2) is 29.2 Å². The molecule has 0 aliphatic heterocycles. The van der Waals surface area contributed by atoms with Gasteiger partial charge >= 0.3 is 0 Å². The minimum atomic E-state index is -2.40. The summed E-state index contributed by atoms with van der Waals surface area (Å²) >= 11 is 5.78. The van der Waals surface area contributed by atoms with Gasteiger partial charge in [0.2, 0.25) is 0 Å². The molecule has 2 N–H and O–H groups in total. The van der Waals surface area contributed by atoms with Crippen LogP contribution >= 0.6 is 24.0 Å². The number of thioether (sulfide) groups is 1. The Balaban J connectivity index is 2.40. The van der Waals surface area contributed by atoms with Crippen LogP contribution in [0.1, 0.15) is 33.6 Å². The Labute approximate surface area is 135 Å². The summed E-state index contributed by atoms with van der Waals surface area (Å²) in [5.41, 5.74) is 0.794. The minimum Gasteiger partial charge on any atom is -0.360 e. The Morgan fingerprint density at radius 1 is 1.14 bits per heavy atom. The second kappa shape index (κ2) is 9.20. The first kappa shape index (κ1) is 18.2. The van der Waals surface area contributed by atoms with Crippen LogP contribution in [0, 0.1) is 5.92 Å². The van der Waals surface area contributed by atoms with Crippen molar-refractivity contribution in [2.45, 2.75) is 50.3 Å². The van der Waals surface area contributed by atoms with Gasteiger partial charge in [-0.25, -0.2) is 0 Å². The Morgan fingerprint density at radius 2 is 1.76 bits per heavy atom. The van der Waals surface area contributed by atoms with Crippen molar-refractivity contribution < 1.29 is 8.78 Å².